The molecular formula is C12H21N3O. The number of pyridine rings is 1. The van der Waals surface area contributed by atoms with Crippen molar-refractivity contribution in [3.8, 4) is 0 Å². The number of nitrogen functional groups attached to an aromatic ring is 1. The number of carbonyl (C=O) groups excluding carboxylic acids is 1. The third-order valence-electron chi connectivity index (χ3n) is 1.91. The van der Waals surface area contributed by atoms with Crippen molar-refractivity contribution in [1.29, 1.82) is 0 Å². The van der Waals surface area contributed by atoms with Crippen molar-refractivity contribution in [2.45, 2.75) is 27.2 Å². The van der Waals surface area contributed by atoms with Gasteiger partial charge in [-0.1, -0.05) is 20.8 Å². The van der Waals surface area contributed by atoms with Gasteiger partial charge in [0.2, 0.25) is 0 Å². The molecule has 1 rings (SSSR count). The lowest BCUT2D eigenvalue weighted by atomic mass is 10.2. The number of anilines is 1. The first-order valence-electron chi connectivity index (χ1n) is 5.52. The maximum atomic E-state index is 11.6. The Labute approximate surface area is 97.5 Å². The van der Waals surface area contributed by atoms with Gasteiger partial charge < -0.3 is 10.6 Å². The number of hydrogen-bond acceptors (Lipinski definition) is 3. The van der Waals surface area contributed by atoms with Crippen LogP contribution in [0.5, 0.6) is 0 Å². The molecule has 1 aromatic heterocycles. The fourth-order valence-corrected chi connectivity index (χ4v) is 1.17. The maximum Gasteiger partial charge on any atom is 0.253 e. The van der Waals surface area contributed by atoms with Gasteiger partial charge >= 0.3 is 0 Å². The number of rotatable bonds is 2. The Hall–Kier alpha value is -1.58. The predicted molar refractivity (Wildman–Crippen MR) is 67.4 cm³/mol. The molecule has 0 spiro atoms. The minimum absolute atomic E-state index is 0.0474. The highest BCUT2D eigenvalue weighted by Gasteiger charge is 2.09. The fourth-order valence-electron chi connectivity index (χ4n) is 1.17. The van der Waals surface area contributed by atoms with Crippen LogP contribution in [-0.4, -0.2) is 29.9 Å². The summed E-state index contributed by atoms with van der Waals surface area (Å²) in [7, 11) is 3.43. The second-order valence-corrected chi connectivity index (χ2v) is 3.33. The van der Waals surface area contributed by atoms with E-state index in [1.807, 2.05) is 20.8 Å². The van der Waals surface area contributed by atoms with Crippen LogP contribution in [0, 0.1) is 0 Å². The summed E-state index contributed by atoms with van der Waals surface area (Å²) in [4.78, 5) is 17.2. The van der Waals surface area contributed by atoms with Gasteiger partial charge in [-0.2, -0.15) is 0 Å². The van der Waals surface area contributed by atoms with Gasteiger partial charge in [0, 0.05) is 25.4 Å². The Balaban J connectivity index is 0.00000106. The Bertz CT molecular complexity index is 348. The van der Waals surface area contributed by atoms with E-state index in [2.05, 4.69) is 4.98 Å². The van der Waals surface area contributed by atoms with Crippen molar-refractivity contribution in [3.63, 3.8) is 0 Å². The van der Waals surface area contributed by atoms with E-state index >= 15 is 0 Å². The SMILES string of the molecule is CC.CCc1cc(C(=O)N(C)C)cc(N)n1. The van der Waals surface area contributed by atoms with Gasteiger partial charge in [-0.25, -0.2) is 4.98 Å². The molecule has 0 unspecified atom stereocenters. The Morgan fingerprint density at radius 3 is 2.38 bits per heavy atom. The van der Waals surface area contributed by atoms with Gasteiger partial charge in [0.05, 0.1) is 0 Å². The highest BCUT2D eigenvalue weighted by atomic mass is 16.2. The molecule has 1 aromatic rings. The number of aryl methyl sites for hydroxylation is 1. The molecular weight excluding hydrogens is 202 g/mol. The highest BCUT2D eigenvalue weighted by molar-refractivity contribution is 5.94. The van der Waals surface area contributed by atoms with E-state index in [4.69, 9.17) is 5.73 Å². The van der Waals surface area contributed by atoms with Crippen LogP contribution >= 0.6 is 0 Å². The summed E-state index contributed by atoms with van der Waals surface area (Å²) in [6.07, 6.45) is 0.777. The van der Waals surface area contributed by atoms with Gasteiger partial charge in [0.15, 0.2) is 0 Å². The number of aromatic nitrogens is 1. The van der Waals surface area contributed by atoms with Crippen molar-refractivity contribution in [2.75, 3.05) is 19.8 Å². The zero-order valence-electron chi connectivity index (χ0n) is 10.7. The van der Waals surface area contributed by atoms with Crippen LogP contribution in [0.25, 0.3) is 0 Å². The molecule has 1 amide bonds. The van der Waals surface area contributed by atoms with Gasteiger partial charge in [0.1, 0.15) is 5.82 Å². The van der Waals surface area contributed by atoms with Gasteiger partial charge in [-0.3, -0.25) is 4.79 Å². The van der Waals surface area contributed by atoms with E-state index in [0.717, 1.165) is 12.1 Å². The lowest BCUT2D eigenvalue weighted by Gasteiger charge is -2.11. The summed E-state index contributed by atoms with van der Waals surface area (Å²) in [5.74, 6) is 0.350. The molecule has 0 atom stereocenters. The second kappa shape index (κ2) is 6.82. The van der Waals surface area contributed by atoms with Gasteiger partial charge in [-0.15, -0.1) is 0 Å². The molecule has 16 heavy (non-hydrogen) atoms. The third-order valence-corrected chi connectivity index (χ3v) is 1.91. The molecule has 0 bridgehead atoms. The quantitative estimate of drug-likeness (QED) is 0.833. The van der Waals surface area contributed by atoms with E-state index < -0.39 is 0 Å². The number of carbonyl (C=O) groups is 1. The van der Waals surface area contributed by atoms with Crippen molar-refractivity contribution < 1.29 is 4.79 Å². The normalized spacial score (nSPS) is 9.06. The molecule has 0 aliphatic heterocycles. The van der Waals surface area contributed by atoms with E-state index in [1.54, 1.807) is 26.2 Å². The summed E-state index contributed by atoms with van der Waals surface area (Å²) in [6, 6.07) is 3.38. The minimum Gasteiger partial charge on any atom is -0.384 e. The van der Waals surface area contributed by atoms with Crippen LogP contribution < -0.4 is 5.73 Å². The van der Waals surface area contributed by atoms with Crippen LogP contribution in [0.3, 0.4) is 0 Å². The molecule has 90 valence electrons. The number of nitrogens with two attached hydrogens (primary N) is 1. The second-order valence-electron chi connectivity index (χ2n) is 3.33. The Morgan fingerprint density at radius 1 is 1.38 bits per heavy atom. The molecule has 0 fully saturated rings. The van der Waals surface area contributed by atoms with Crippen molar-refractivity contribution in [2.24, 2.45) is 0 Å². The zero-order valence-corrected chi connectivity index (χ0v) is 10.7. The molecule has 2 N–H and O–H groups in total. The average molecular weight is 223 g/mol. The molecule has 4 heteroatoms. The Kier molecular flexibility index (Phi) is 6.15. The van der Waals surface area contributed by atoms with Crippen molar-refractivity contribution in [1.82, 2.24) is 9.88 Å². The van der Waals surface area contributed by atoms with Crippen LogP contribution in [0.15, 0.2) is 12.1 Å². The highest BCUT2D eigenvalue weighted by Crippen LogP contribution is 2.09. The lowest BCUT2D eigenvalue weighted by molar-refractivity contribution is 0.0827. The first-order chi connectivity index (χ1) is 7.54. The molecule has 0 aliphatic rings. The molecule has 0 aliphatic carbocycles. The summed E-state index contributed by atoms with van der Waals surface area (Å²) in [5, 5.41) is 0. The maximum absolute atomic E-state index is 11.6. The average Bonchev–Trinajstić information content (AvgIpc) is 2.29. The minimum atomic E-state index is -0.0474. The Morgan fingerprint density at radius 2 is 1.94 bits per heavy atom. The number of amides is 1. The smallest absolute Gasteiger partial charge is 0.253 e. The molecule has 0 aromatic carbocycles. The van der Waals surface area contributed by atoms with Crippen LogP contribution in [0.1, 0.15) is 36.8 Å². The predicted octanol–water partition coefficient (Wildman–Crippen LogP) is 1.95. The summed E-state index contributed by atoms with van der Waals surface area (Å²) in [5.41, 5.74) is 7.03. The zero-order chi connectivity index (χ0) is 12.7. The summed E-state index contributed by atoms with van der Waals surface area (Å²) < 4.78 is 0. The first-order valence-corrected chi connectivity index (χ1v) is 5.52. The fraction of sp³-hybridized carbons (Fsp3) is 0.500. The van der Waals surface area contributed by atoms with Crippen molar-refractivity contribution >= 4 is 11.7 Å². The van der Waals surface area contributed by atoms with E-state index in [1.165, 1.54) is 4.90 Å². The lowest BCUT2D eigenvalue weighted by Crippen LogP contribution is -2.22. The topological polar surface area (TPSA) is 59.2 Å². The van der Waals surface area contributed by atoms with Crippen LogP contribution in [-0.2, 0) is 6.42 Å². The largest absolute Gasteiger partial charge is 0.384 e. The van der Waals surface area contributed by atoms with Crippen LogP contribution in [0.4, 0.5) is 5.82 Å². The van der Waals surface area contributed by atoms with E-state index in [9.17, 15) is 4.79 Å². The molecule has 0 saturated heterocycles. The molecule has 1 heterocycles. The summed E-state index contributed by atoms with van der Waals surface area (Å²) in [6.45, 7) is 5.98. The molecule has 4 nitrogen and oxygen atoms in total. The van der Waals surface area contributed by atoms with Crippen molar-refractivity contribution in [3.05, 3.63) is 23.4 Å². The standard InChI is InChI=1S/C10H15N3O.C2H6/c1-4-8-5-7(6-9(11)12-8)10(14)13(2)3;1-2/h5-6H,4H2,1-3H3,(H2,11,12);1-2H3. The van der Waals surface area contributed by atoms with E-state index in [-0.39, 0.29) is 5.91 Å². The third kappa shape index (κ3) is 3.88. The van der Waals surface area contributed by atoms with Gasteiger partial charge in [0.25, 0.3) is 5.91 Å². The molecule has 0 radical (unpaired) electrons. The molecule has 0 saturated carbocycles. The summed E-state index contributed by atoms with van der Waals surface area (Å²) >= 11 is 0. The number of nitrogens with zero attached hydrogens (tertiary/aromatic N) is 2. The number of hydrogen-bond donors (Lipinski definition) is 1. The first kappa shape index (κ1) is 14.4. The van der Waals surface area contributed by atoms with Crippen LogP contribution in [0.2, 0.25) is 0 Å². The van der Waals surface area contributed by atoms with Gasteiger partial charge in [-0.05, 0) is 18.6 Å². The van der Waals surface area contributed by atoms with E-state index in [0.29, 0.717) is 11.4 Å². The monoisotopic (exact) mass is 223 g/mol.